The number of β-amino-alcohol motifs (C(OH)–C–C–N with tert-alkyl or cyclic N) is 1. The number of rotatable bonds is 6. The molecule has 1 fully saturated rings. The zero-order valence-corrected chi connectivity index (χ0v) is 12.5. The Kier molecular flexibility index (Phi) is 5.90. The van der Waals surface area contributed by atoms with E-state index in [0.717, 1.165) is 13.1 Å². The second-order valence-corrected chi connectivity index (χ2v) is 5.50. The summed E-state index contributed by atoms with van der Waals surface area (Å²) in [7, 11) is 0. The van der Waals surface area contributed by atoms with Crippen LogP contribution < -0.4 is 0 Å². The van der Waals surface area contributed by atoms with E-state index in [9.17, 15) is 9.90 Å². The fraction of sp³-hybridized carbons (Fsp3) is 0.692. The van der Waals surface area contributed by atoms with Crippen LogP contribution >= 0.6 is 11.3 Å². The van der Waals surface area contributed by atoms with Crippen molar-refractivity contribution in [1.82, 2.24) is 14.8 Å². The van der Waals surface area contributed by atoms with Crippen LogP contribution in [-0.4, -0.2) is 77.8 Å². The molecular weight excluding hydrogens is 278 g/mol. The Morgan fingerprint density at radius 1 is 1.50 bits per heavy atom. The minimum absolute atomic E-state index is 0.000708. The van der Waals surface area contributed by atoms with Gasteiger partial charge in [0.1, 0.15) is 5.69 Å². The van der Waals surface area contributed by atoms with Gasteiger partial charge in [-0.05, 0) is 6.92 Å². The van der Waals surface area contributed by atoms with Gasteiger partial charge in [-0.2, -0.15) is 0 Å². The van der Waals surface area contributed by atoms with Gasteiger partial charge in [-0.15, -0.1) is 11.3 Å². The van der Waals surface area contributed by atoms with Gasteiger partial charge in [0, 0.05) is 44.7 Å². The first-order valence-corrected chi connectivity index (χ1v) is 7.80. The summed E-state index contributed by atoms with van der Waals surface area (Å²) in [6.45, 7) is 6.41. The van der Waals surface area contributed by atoms with Gasteiger partial charge < -0.3 is 14.7 Å². The smallest absolute Gasteiger partial charge is 0.273 e. The predicted molar refractivity (Wildman–Crippen MR) is 77.0 cm³/mol. The number of carbonyl (C=O) groups excluding carboxylic acids is 1. The molecule has 112 valence electrons. The van der Waals surface area contributed by atoms with Crippen molar-refractivity contribution in [2.24, 2.45) is 0 Å². The zero-order valence-electron chi connectivity index (χ0n) is 11.7. The SMILES string of the molecule is CCOC[C@H](O)CN1CCN(C(=O)c2cscn2)CC1. The van der Waals surface area contributed by atoms with Gasteiger partial charge in [0.25, 0.3) is 5.91 Å². The summed E-state index contributed by atoms with van der Waals surface area (Å²) < 4.78 is 5.20. The molecule has 0 aliphatic carbocycles. The van der Waals surface area contributed by atoms with Gasteiger partial charge >= 0.3 is 0 Å². The lowest BCUT2D eigenvalue weighted by molar-refractivity contribution is 0.0110. The van der Waals surface area contributed by atoms with Crippen LogP contribution in [0, 0.1) is 0 Å². The van der Waals surface area contributed by atoms with Crippen molar-refractivity contribution in [3.05, 3.63) is 16.6 Å². The van der Waals surface area contributed by atoms with E-state index in [2.05, 4.69) is 9.88 Å². The van der Waals surface area contributed by atoms with Crippen LogP contribution in [0.5, 0.6) is 0 Å². The number of hydrogen-bond acceptors (Lipinski definition) is 6. The van der Waals surface area contributed by atoms with E-state index >= 15 is 0 Å². The number of thiazole rings is 1. The summed E-state index contributed by atoms with van der Waals surface area (Å²) in [4.78, 5) is 20.1. The molecule has 1 atom stereocenters. The van der Waals surface area contributed by atoms with Crippen LogP contribution in [0.3, 0.4) is 0 Å². The van der Waals surface area contributed by atoms with E-state index in [0.29, 0.717) is 38.5 Å². The van der Waals surface area contributed by atoms with Crippen molar-refractivity contribution in [2.75, 3.05) is 45.9 Å². The van der Waals surface area contributed by atoms with Crippen LogP contribution in [0.4, 0.5) is 0 Å². The number of aliphatic hydroxyl groups excluding tert-OH is 1. The number of amides is 1. The molecule has 0 saturated carbocycles. The quantitative estimate of drug-likeness (QED) is 0.818. The third-order valence-electron chi connectivity index (χ3n) is 3.29. The summed E-state index contributed by atoms with van der Waals surface area (Å²) in [5.41, 5.74) is 2.20. The molecule has 0 spiro atoms. The second kappa shape index (κ2) is 7.68. The van der Waals surface area contributed by atoms with Crippen LogP contribution in [-0.2, 0) is 4.74 Å². The molecule has 1 saturated heterocycles. The lowest BCUT2D eigenvalue weighted by atomic mass is 10.2. The molecule has 7 heteroatoms. The van der Waals surface area contributed by atoms with Crippen molar-refractivity contribution in [1.29, 1.82) is 0 Å². The third-order valence-corrected chi connectivity index (χ3v) is 3.88. The van der Waals surface area contributed by atoms with Crippen LogP contribution in [0.2, 0.25) is 0 Å². The Morgan fingerprint density at radius 3 is 2.85 bits per heavy atom. The van der Waals surface area contributed by atoms with E-state index in [-0.39, 0.29) is 5.91 Å². The summed E-state index contributed by atoms with van der Waals surface area (Å²) in [5, 5.41) is 11.6. The molecule has 0 bridgehead atoms. The topological polar surface area (TPSA) is 65.9 Å². The second-order valence-electron chi connectivity index (χ2n) is 4.78. The van der Waals surface area contributed by atoms with Crippen molar-refractivity contribution < 1.29 is 14.6 Å². The molecule has 0 aromatic carbocycles. The molecule has 0 unspecified atom stereocenters. The maximum atomic E-state index is 12.1. The molecule has 1 amide bonds. The van der Waals surface area contributed by atoms with Gasteiger partial charge in [0.2, 0.25) is 0 Å². The van der Waals surface area contributed by atoms with E-state index in [1.165, 1.54) is 11.3 Å². The highest BCUT2D eigenvalue weighted by atomic mass is 32.1. The summed E-state index contributed by atoms with van der Waals surface area (Å²) in [6.07, 6.45) is -0.462. The molecule has 6 nitrogen and oxygen atoms in total. The van der Waals surface area contributed by atoms with Crippen LogP contribution in [0.25, 0.3) is 0 Å². The maximum absolute atomic E-state index is 12.1. The number of nitrogens with zero attached hydrogens (tertiary/aromatic N) is 3. The molecular formula is C13H21N3O3S. The highest BCUT2D eigenvalue weighted by molar-refractivity contribution is 7.07. The number of piperazine rings is 1. The standard InChI is InChI=1S/C13H21N3O3S/c1-2-19-8-11(17)7-15-3-5-16(6-4-15)13(18)12-9-20-10-14-12/h9-11,17H,2-8H2,1H3/t11-/m1/s1. The number of hydrogen-bond donors (Lipinski definition) is 1. The third kappa shape index (κ3) is 4.24. The molecule has 2 heterocycles. The predicted octanol–water partition coefficient (Wildman–Crippen LogP) is 0.298. The van der Waals surface area contributed by atoms with E-state index < -0.39 is 6.10 Å². The Labute approximate surface area is 123 Å². The van der Waals surface area contributed by atoms with Crippen molar-refractivity contribution in [2.45, 2.75) is 13.0 Å². The largest absolute Gasteiger partial charge is 0.389 e. The minimum atomic E-state index is -0.462. The lowest BCUT2D eigenvalue weighted by Gasteiger charge is -2.35. The Bertz CT molecular complexity index is 405. The highest BCUT2D eigenvalue weighted by Gasteiger charge is 2.24. The number of carbonyl (C=O) groups is 1. The van der Waals surface area contributed by atoms with E-state index in [1.807, 2.05) is 11.8 Å². The average molecular weight is 299 g/mol. The molecule has 1 aliphatic rings. The number of aromatic nitrogens is 1. The summed E-state index contributed by atoms with van der Waals surface area (Å²) >= 11 is 1.43. The number of ether oxygens (including phenoxy) is 1. The van der Waals surface area contributed by atoms with Crippen molar-refractivity contribution in [3.63, 3.8) is 0 Å². The van der Waals surface area contributed by atoms with Crippen molar-refractivity contribution in [3.8, 4) is 0 Å². The van der Waals surface area contributed by atoms with Crippen LogP contribution in [0.1, 0.15) is 17.4 Å². The van der Waals surface area contributed by atoms with Crippen LogP contribution in [0.15, 0.2) is 10.9 Å². The molecule has 1 aromatic rings. The van der Waals surface area contributed by atoms with Gasteiger partial charge in [-0.1, -0.05) is 0 Å². The summed E-state index contributed by atoms with van der Waals surface area (Å²) in [5.74, 6) is 0.000708. The zero-order chi connectivity index (χ0) is 14.4. The highest BCUT2D eigenvalue weighted by Crippen LogP contribution is 2.09. The normalized spacial score (nSPS) is 18.2. The Morgan fingerprint density at radius 2 is 2.25 bits per heavy atom. The molecule has 1 aromatic heterocycles. The minimum Gasteiger partial charge on any atom is -0.389 e. The molecule has 1 aliphatic heterocycles. The molecule has 2 rings (SSSR count). The van der Waals surface area contributed by atoms with E-state index in [4.69, 9.17) is 4.74 Å². The van der Waals surface area contributed by atoms with E-state index in [1.54, 1.807) is 10.9 Å². The molecule has 0 radical (unpaired) electrons. The van der Waals surface area contributed by atoms with Gasteiger partial charge in [0.05, 0.1) is 18.2 Å². The molecule has 20 heavy (non-hydrogen) atoms. The maximum Gasteiger partial charge on any atom is 0.273 e. The molecule has 1 N–H and O–H groups in total. The first kappa shape index (κ1) is 15.4. The van der Waals surface area contributed by atoms with Crippen molar-refractivity contribution >= 4 is 17.2 Å². The first-order valence-electron chi connectivity index (χ1n) is 6.86. The number of aliphatic hydroxyl groups is 1. The first-order chi connectivity index (χ1) is 9.70. The van der Waals surface area contributed by atoms with Gasteiger partial charge in [-0.25, -0.2) is 4.98 Å². The Hall–Kier alpha value is -1.02. The Balaban J connectivity index is 1.73. The fourth-order valence-electron chi connectivity index (χ4n) is 2.22. The summed E-state index contributed by atoms with van der Waals surface area (Å²) in [6, 6.07) is 0. The lowest BCUT2D eigenvalue weighted by Crippen LogP contribution is -2.50. The average Bonchev–Trinajstić information content (AvgIpc) is 2.99. The van der Waals surface area contributed by atoms with Gasteiger partial charge in [0.15, 0.2) is 0 Å². The monoisotopic (exact) mass is 299 g/mol. The fourth-order valence-corrected chi connectivity index (χ4v) is 2.74. The van der Waals surface area contributed by atoms with Gasteiger partial charge in [-0.3, -0.25) is 9.69 Å².